The van der Waals surface area contributed by atoms with Crippen molar-refractivity contribution in [3.05, 3.63) is 53.3 Å². The van der Waals surface area contributed by atoms with Crippen molar-refractivity contribution < 1.29 is 18.3 Å². The van der Waals surface area contributed by atoms with Gasteiger partial charge >= 0.3 is 0 Å². The van der Waals surface area contributed by atoms with E-state index >= 15 is 0 Å². The van der Waals surface area contributed by atoms with E-state index in [1.807, 2.05) is 0 Å². The van der Waals surface area contributed by atoms with Gasteiger partial charge in [0, 0.05) is 12.1 Å². The number of hydrogen-bond donors (Lipinski definition) is 1. The zero-order valence-corrected chi connectivity index (χ0v) is 8.97. The van der Waals surface area contributed by atoms with Gasteiger partial charge in [0.25, 0.3) is 0 Å². The van der Waals surface area contributed by atoms with Crippen LogP contribution in [0.1, 0.15) is 5.56 Å². The van der Waals surface area contributed by atoms with E-state index in [-0.39, 0.29) is 11.1 Å². The smallest absolute Gasteiger partial charge is 0.137 e. The van der Waals surface area contributed by atoms with E-state index < -0.39 is 23.2 Å². The van der Waals surface area contributed by atoms with E-state index in [9.17, 15) is 13.2 Å². The van der Waals surface area contributed by atoms with Crippen molar-refractivity contribution in [1.29, 1.82) is 0 Å². The van der Waals surface area contributed by atoms with Crippen LogP contribution in [0.15, 0.2) is 30.3 Å². The molecule has 0 fully saturated rings. The zero-order chi connectivity index (χ0) is 12.6. The number of aryl methyl sites for hydroxylation is 1. The van der Waals surface area contributed by atoms with Gasteiger partial charge in [0.2, 0.25) is 0 Å². The van der Waals surface area contributed by atoms with Crippen molar-refractivity contribution in [2.75, 3.05) is 0 Å². The van der Waals surface area contributed by atoms with Crippen LogP contribution in [0.5, 0.6) is 5.75 Å². The van der Waals surface area contributed by atoms with Crippen LogP contribution in [0.2, 0.25) is 0 Å². The molecule has 0 aliphatic heterocycles. The second-order valence-corrected chi connectivity index (χ2v) is 3.75. The van der Waals surface area contributed by atoms with Gasteiger partial charge in [0.05, 0.1) is 5.56 Å². The maximum Gasteiger partial charge on any atom is 0.137 e. The molecule has 2 rings (SSSR count). The first-order valence-electron chi connectivity index (χ1n) is 4.93. The van der Waals surface area contributed by atoms with Gasteiger partial charge in [0.15, 0.2) is 0 Å². The van der Waals surface area contributed by atoms with Gasteiger partial charge in [0.1, 0.15) is 23.2 Å². The maximum absolute atomic E-state index is 13.5. The lowest BCUT2D eigenvalue weighted by atomic mass is 10.0. The summed E-state index contributed by atoms with van der Waals surface area (Å²) in [4.78, 5) is 0. The third-order valence-corrected chi connectivity index (χ3v) is 2.49. The molecule has 0 atom stereocenters. The van der Waals surface area contributed by atoms with Crippen LogP contribution >= 0.6 is 0 Å². The molecule has 0 spiro atoms. The van der Waals surface area contributed by atoms with Crippen LogP contribution < -0.4 is 0 Å². The molecule has 0 heterocycles. The van der Waals surface area contributed by atoms with Crippen molar-refractivity contribution >= 4 is 0 Å². The van der Waals surface area contributed by atoms with Crippen molar-refractivity contribution in [2.24, 2.45) is 0 Å². The molecule has 88 valence electrons. The summed E-state index contributed by atoms with van der Waals surface area (Å²) in [5.74, 6) is -2.89. The molecule has 17 heavy (non-hydrogen) atoms. The molecule has 0 saturated carbocycles. The Morgan fingerprint density at radius 3 is 2.00 bits per heavy atom. The van der Waals surface area contributed by atoms with Crippen molar-refractivity contribution in [3.8, 4) is 16.9 Å². The lowest BCUT2D eigenvalue weighted by Crippen LogP contribution is -1.92. The first-order valence-corrected chi connectivity index (χ1v) is 4.93. The summed E-state index contributed by atoms with van der Waals surface area (Å²) in [5, 5.41) is 9.01. The summed E-state index contributed by atoms with van der Waals surface area (Å²) in [7, 11) is 0. The van der Waals surface area contributed by atoms with Gasteiger partial charge in [-0.2, -0.15) is 0 Å². The third-order valence-electron chi connectivity index (χ3n) is 2.49. The molecule has 0 radical (unpaired) electrons. The van der Waals surface area contributed by atoms with Gasteiger partial charge in [-0.15, -0.1) is 0 Å². The highest BCUT2D eigenvalue weighted by molar-refractivity contribution is 5.66. The summed E-state index contributed by atoms with van der Waals surface area (Å²) < 4.78 is 40.3. The fraction of sp³-hybridized carbons (Fsp3) is 0.0769. The average molecular weight is 238 g/mol. The molecule has 0 unspecified atom stereocenters. The molecule has 0 aromatic heterocycles. The minimum atomic E-state index is -0.925. The Bertz CT molecular complexity index is 556. The first-order chi connectivity index (χ1) is 7.99. The number of benzene rings is 2. The van der Waals surface area contributed by atoms with Crippen molar-refractivity contribution in [1.82, 2.24) is 0 Å². The Morgan fingerprint density at radius 2 is 1.47 bits per heavy atom. The van der Waals surface area contributed by atoms with Crippen LogP contribution in [0.25, 0.3) is 11.1 Å². The Kier molecular flexibility index (Phi) is 2.79. The largest absolute Gasteiger partial charge is 0.508 e. The topological polar surface area (TPSA) is 20.2 Å². The molecular formula is C13H9F3O. The molecule has 2 aromatic carbocycles. The highest BCUT2D eigenvalue weighted by Crippen LogP contribution is 2.30. The predicted molar refractivity (Wildman–Crippen MR) is 58.2 cm³/mol. The average Bonchev–Trinajstić information content (AvgIpc) is 2.21. The van der Waals surface area contributed by atoms with E-state index in [0.717, 1.165) is 18.2 Å². The van der Waals surface area contributed by atoms with Crippen molar-refractivity contribution in [3.63, 3.8) is 0 Å². The molecule has 0 aliphatic carbocycles. The zero-order valence-electron chi connectivity index (χ0n) is 8.97. The van der Waals surface area contributed by atoms with Gasteiger partial charge in [-0.1, -0.05) is 12.1 Å². The Balaban J connectivity index is 2.64. The number of phenols is 1. The Morgan fingerprint density at radius 1 is 0.882 bits per heavy atom. The van der Waals surface area contributed by atoms with Gasteiger partial charge in [-0.05, 0) is 24.1 Å². The minimum Gasteiger partial charge on any atom is -0.508 e. The highest BCUT2D eigenvalue weighted by Gasteiger charge is 2.14. The number of aromatic hydroxyl groups is 1. The predicted octanol–water partition coefficient (Wildman–Crippen LogP) is 3.78. The highest BCUT2D eigenvalue weighted by atomic mass is 19.1. The van der Waals surface area contributed by atoms with E-state index in [1.54, 1.807) is 6.92 Å². The maximum atomic E-state index is 13.5. The van der Waals surface area contributed by atoms with E-state index in [1.165, 1.54) is 12.1 Å². The number of rotatable bonds is 1. The summed E-state index contributed by atoms with van der Waals surface area (Å²) in [6.45, 7) is 1.56. The monoisotopic (exact) mass is 238 g/mol. The first kappa shape index (κ1) is 11.5. The number of hydrogen-bond acceptors (Lipinski definition) is 1. The number of phenolic OH excluding ortho intramolecular Hbond substituents is 1. The molecule has 1 N–H and O–H groups in total. The van der Waals surface area contributed by atoms with Crippen LogP contribution in [-0.2, 0) is 0 Å². The molecule has 0 bridgehead atoms. The van der Waals surface area contributed by atoms with E-state index in [4.69, 9.17) is 5.11 Å². The molecular weight excluding hydrogens is 229 g/mol. The molecule has 4 heteroatoms. The molecule has 0 aliphatic rings. The standard InChI is InChI=1S/C13H9F3O/c1-7-2-3-8(4-10(7)14)13-11(15)5-9(17)6-12(13)16/h2-6,17H,1H3. The van der Waals surface area contributed by atoms with Gasteiger partial charge in [-0.3, -0.25) is 0 Å². The van der Waals surface area contributed by atoms with Gasteiger partial charge in [-0.25, -0.2) is 13.2 Å². The van der Waals surface area contributed by atoms with Crippen LogP contribution in [0.4, 0.5) is 13.2 Å². The Labute approximate surface area is 96.1 Å². The molecule has 0 saturated heterocycles. The van der Waals surface area contributed by atoms with Crippen LogP contribution in [0, 0.1) is 24.4 Å². The van der Waals surface area contributed by atoms with Crippen molar-refractivity contribution in [2.45, 2.75) is 6.92 Å². The summed E-state index contributed by atoms with van der Waals surface area (Å²) in [5.41, 5.74) is 0.151. The molecule has 1 nitrogen and oxygen atoms in total. The normalized spacial score (nSPS) is 10.6. The SMILES string of the molecule is Cc1ccc(-c2c(F)cc(O)cc2F)cc1F. The summed E-state index contributed by atoms with van der Waals surface area (Å²) in [6, 6.07) is 5.51. The van der Waals surface area contributed by atoms with E-state index in [2.05, 4.69) is 0 Å². The quantitative estimate of drug-likeness (QED) is 0.801. The van der Waals surface area contributed by atoms with Crippen LogP contribution in [-0.4, -0.2) is 5.11 Å². The number of halogens is 3. The lowest BCUT2D eigenvalue weighted by molar-refractivity contribution is 0.461. The minimum absolute atomic E-state index is 0.100. The second-order valence-electron chi connectivity index (χ2n) is 3.75. The fourth-order valence-corrected chi connectivity index (χ4v) is 1.58. The third kappa shape index (κ3) is 2.11. The summed E-state index contributed by atoms with van der Waals surface area (Å²) >= 11 is 0. The molecule has 2 aromatic rings. The summed E-state index contributed by atoms with van der Waals surface area (Å²) in [6.07, 6.45) is 0. The second kappa shape index (κ2) is 4.13. The Hall–Kier alpha value is -1.97. The van der Waals surface area contributed by atoms with Gasteiger partial charge < -0.3 is 5.11 Å². The fourth-order valence-electron chi connectivity index (χ4n) is 1.58. The lowest BCUT2D eigenvalue weighted by Gasteiger charge is -2.07. The van der Waals surface area contributed by atoms with Crippen LogP contribution in [0.3, 0.4) is 0 Å². The molecule has 0 amide bonds. The van der Waals surface area contributed by atoms with E-state index in [0.29, 0.717) is 5.56 Å².